The van der Waals surface area contributed by atoms with Gasteiger partial charge in [0.15, 0.2) is 0 Å². The predicted molar refractivity (Wildman–Crippen MR) is 50.3 cm³/mol. The summed E-state index contributed by atoms with van der Waals surface area (Å²) in [6.45, 7) is 6.24. The molecule has 0 spiro atoms. The van der Waals surface area contributed by atoms with E-state index in [0.717, 1.165) is 11.3 Å². The number of aromatic nitrogens is 2. The molecule has 0 aliphatic carbocycles. The first-order valence-electron chi connectivity index (χ1n) is 4.10. The summed E-state index contributed by atoms with van der Waals surface area (Å²) in [5.41, 5.74) is 4.65. The summed E-state index contributed by atoms with van der Waals surface area (Å²) in [4.78, 5) is 7.56. The Balaban J connectivity index is 2.93. The minimum atomic E-state index is 1.00. The predicted octanol–water partition coefficient (Wildman–Crippen LogP) is 2.49. The molecule has 0 radical (unpaired) electrons. The van der Waals surface area contributed by atoms with Crippen molar-refractivity contribution >= 4 is 11.0 Å². The molecule has 0 atom stereocenters. The van der Waals surface area contributed by atoms with Crippen molar-refractivity contribution in [2.45, 2.75) is 20.8 Å². The van der Waals surface area contributed by atoms with Gasteiger partial charge < -0.3 is 4.98 Å². The smallest absolute Gasteiger partial charge is 0.138 e. The molecular weight excluding hydrogens is 148 g/mol. The van der Waals surface area contributed by atoms with E-state index in [2.05, 4.69) is 29.9 Å². The van der Waals surface area contributed by atoms with Gasteiger partial charge in [0.05, 0.1) is 0 Å². The van der Waals surface area contributed by atoms with Gasteiger partial charge in [-0.25, -0.2) is 4.98 Å². The van der Waals surface area contributed by atoms with Gasteiger partial charge in [-0.1, -0.05) is 0 Å². The quantitative estimate of drug-likeness (QED) is 0.630. The highest BCUT2D eigenvalue weighted by Gasteiger charge is 2.03. The number of hydrogen-bond donors (Lipinski definition) is 1. The van der Waals surface area contributed by atoms with Crippen LogP contribution in [-0.4, -0.2) is 9.97 Å². The zero-order valence-corrected chi connectivity index (χ0v) is 7.60. The van der Waals surface area contributed by atoms with Crippen LogP contribution in [-0.2, 0) is 0 Å². The second-order valence-electron chi connectivity index (χ2n) is 3.28. The van der Waals surface area contributed by atoms with Crippen LogP contribution < -0.4 is 0 Å². The summed E-state index contributed by atoms with van der Waals surface area (Å²) in [7, 11) is 0. The van der Waals surface area contributed by atoms with E-state index in [0.29, 0.717) is 0 Å². The molecular formula is C10H12N2. The third-order valence-electron chi connectivity index (χ3n) is 2.16. The third kappa shape index (κ3) is 0.916. The zero-order chi connectivity index (χ0) is 8.72. The van der Waals surface area contributed by atoms with E-state index < -0.39 is 0 Å². The topological polar surface area (TPSA) is 28.7 Å². The first-order chi connectivity index (χ1) is 5.68. The number of nitrogens with zero attached hydrogens (tertiary/aromatic N) is 1. The second kappa shape index (κ2) is 2.34. The molecule has 2 heteroatoms. The largest absolute Gasteiger partial charge is 0.346 e. The van der Waals surface area contributed by atoms with Crippen LogP contribution in [0.4, 0.5) is 0 Å². The number of rotatable bonds is 0. The summed E-state index contributed by atoms with van der Waals surface area (Å²) in [6.07, 6.45) is 2.00. The molecule has 62 valence electrons. The third-order valence-corrected chi connectivity index (χ3v) is 2.16. The Bertz CT molecular complexity index is 427. The summed E-state index contributed by atoms with van der Waals surface area (Å²) in [6, 6.07) is 2.11. The Morgan fingerprint density at radius 2 is 1.92 bits per heavy atom. The summed E-state index contributed by atoms with van der Waals surface area (Å²) in [5.74, 6) is 0. The molecule has 2 aromatic rings. The van der Waals surface area contributed by atoms with Crippen molar-refractivity contribution in [3.05, 3.63) is 29.1 Å². The van der Waals surface area contributed by atoms with Gasteiger partial charge in [0, 0.05) is 17.3 Å². The zero-order valence-electron chi connectivity index (χ0n) is 7.60. The van der Waals surface area contributed by atoms with E-state index in [-0.39, 0.29) is 0 Å². The maximum Gasteiger partial charge on any atom is 0.138 e. The lowest BCUT2D eigenvalue weighted by atomic mass is 10.1. The van der Waals surface area contributed by atoms with Crippen LogP contribution in [0.5, 0.6) is 0 Å². The van der Waals surface area contributed by atoms with Gasteiger partial charge in [0.2, 0.25) is 0 Å². The molecule has 0 aliphatic heterocycles. The van der Waals surface area contributed by atoms with Crippen LogP contribution in [0.2, 0.25) is 0 Å². The van der Waals surface area contributed by atoms with Gasteiger partial charge in [-0.3, -0.25) is 0 Å². The highest BCUT2D eigenvalue weighted by atomic mass is 14.8. The molecule has 1 N–H and O–H groups in total. The average molecular weight is 160 g/mol. The van der Waals surface area contributed by atoms with Gasteiger partial charge in [-0.2, -0.15) is 0 Å². The van der Waals surface area contributed by atoms with Crippen LogP contribution in [0, 0.1) is 20.8 Å². The maximum absolute atomic E-state index is 4.40. The van der Waals surface area contributed by atoms with Crippen molar-refractivity contribution in [2.24, 2.45) is 0 Å². The highest BCUT2D eigenvalue weighted by molar-refractivity contribution is 5.83. The molecule has 0 bridgehead atoms. The van der Waals surface area contributed by atoms with E-state index in [4.69, 9.17) is 0 Å². The van der Waals surface area contributed by atoms with Crippen molar-refractivity contribution in [1.29, 1.82) is 0 Å². The highest BCUT2D eigenvalue weighted by Crippen LogP contribution is 2.20. The van der Waals surface area contributed by atoms with Crippen molar-refractivity contribution in [2.75, 3.05) is 0 Å². The van der Waals surface area contributed by atoms with Crippen molar-refractivity contribution in [1.82, 2.24) is 9.97 Å². The summed E-state index contributed by atoms with van der Waals surface area (Å²) in [5, 5.41) is 1.26. The Morgan fingerprint density at radius 1 is 1.17 bits per heavy atom. The van der Waals surface area contributed by atoms with Gasteiger partial charge in [-0.15, -0.1) is 0 Å². The lowest BCUT2D eigenvalue weighted by molar-refractivity contribution is 1.21. The van der Waals surface area contributed by atoms with Crippen LogP contribution in [0.25, 0.3) is 11.0 Å². The van der Waals surface area contributed by atoms with E-state index >= 15 is 0 Å². The molecule has 2 rings (SSSR count). The van der Waals surface area contributed by atoms with Gasteiger partial charge >= 0.3 is 0 Å². The molecule has 0 saturated carbocycles. The van der Waals surface area contributed by atoms with Crippen LogP contribution >= 0.6 is 0 Å². The summed E-state index contributed by atoms with van der Waals surface area (Å²) < 4.78 is 0. The molecule has 2 heterocycles. The Labute approximate surface area is 71.6 Å². The molecule has 0 saturated heterocycles. The minimum absolute atomic E-state index is 1.00. The van der Waals surface area contributed by atoms with Crippen molar-refractivity contribution < 1.29 is 0 Å². The number of aromatic amines is 1. The molecule has 0 aliphatic rings. The van der Waals surface area contributed by atoms with Crippen LogP contribution in [0.15, 0.2) is 12.3 Å². The first-order valence-corrected chi connectivity index (χ1v) is 4.10. The van der Waals surface area contributed by atoms with E-state index in [9.17, 15) is 0 Å². The molecule has 12 heavy (non-hydrogen) atoms. The standard InChI is InChI=1S/C10H12N2/c1-6-4-8(3)12-10-9(6)7(2)5-11-10/h4-5H,1-3H3,(H,11,12). The lowest BCUT2D eigenvalue weighted by Gasteiger charge is -1.98. The maximum atomic E-state index is 4.40. The van der Waals surface area contributed by atoms with E-state index in [1.807, 2.05) is 13.1 Å². The van der Waals surface area contributed by atoms with Crippen molar-refractivity contribution in [3.8, 4) is 0 Å². The van der Waals surface area contributed by atoms with Crippen LogP contribution in [0.1, 0.15) is 16.8 Å². The fraction of sp³-hybridized carbons (Fsp3) is 0.300. The molecule has 0 amide bonds. The lowest BCUT2D eigenvalue weighted by Crippen LogP contribution is -1.85. The Kier molecular flexibility index (Phi) is 1.43. The average Bonchev–Trinajstić information content (AvgIpc) is 2.31. The van der Waals surface area contributed by atoms with E-state index in [1.165, 1.54) is 16.5 Å². The number of H-pyrrole nitrogens is 1. The molecule has 2 nitrogen and oxygen atoms in total. The van der Waals surface area contributed by atoms with Crippen molar-refractivity contribution in [3.63, 3.8) is 0 Å². The Hall–Kier alpha value is -1.31. The number of pyridine rings is 1. The normalized spacial score (nSPS) is 10.9. The summed E-state index contributed by atoms with van der Waals surface area (Å²) >= 11 is 0. The fourth-order valence-corrected chi connectivity index (χ4v) is 1.69. The van der Waals surface area contributed by atoms with Gasteiger partial charge in [-0.05, 0) is 38.0 Å². The Morgan fingerprint density at radius 3 is 2.67 bits per heavy atom. The minimum Gasteiger partial charge on any atom is -0.346 e. The number of aryl methyl sites for hydroxylation is 3. The van der Waals surface area contributed by atoms with Gasteiger partial charge in [0.1, 0.15) is 5.65 Å². The molecule has 0 unspecified atom stereocenters. The van der Waals surface area contributed by atoms with E-state index in [1.54, 1.807) is 0 Å². The fourth-order valence-electron chi connectivity index (χ4n) is 1.69. The molecule has 2 aromatic heterocycles. The monoisotopic (exact) mass is 160 g/mol. The number of fused-ring (bicyclic) bond motifs is 1. The SMILES string of the molecule is Cc1cc(C)c2c(C)c[nH]c2n1. The first kappa shape index (κ1) is 7.35. The van der Waals surface area contributed by atoms with Crippen LogP contribution in [0.3, 0.4) is 0 Å². The number of hydrogen-bond acceptors (Lipinski definition) is 1. The second-order valence-corrected chi connectivity index (χ2v) is 3.28. The molecule has 0 fully saturated rings. The number of nitrogens with one attached hydrogen (secondary N) is 1. The van der Waals surface area contributed by atoms with Gasteiger partial charge in [0.25, 0.3) is 0 Å². The molecule has 0 aromatic carbocycles.